The van der Waals surface area contributed by atoms with Crippen molar-refractivity contribution in [2.75, 3.05) is 13.7 Å². The van der Waals surface area contributed by atoms with Crippen LogP contribution in [-0.4, -0.2) is 25.6 Å². The first-order chi connectivity index (χ1) is 13.1. The van der Waals surface area contributed by atoms with Gasteiger partial charge in [-0.1, -0.05) is 31.0 Å². The van der Waals surface area contributed by atoms with E-state index < -0.39 is 5.97 Å². The number of aliphatic imine (C=N–C) groups is 1. The van der Waals surface area contributed by atoms with E-state index in [2.05, 4.69) is 11.9 Å². The molecule has 0 aromatic heterocycles. The number of hydrogen-bond donors (Lipinski definition) is 0. The normalized spacial score (nSPS) is 14.9. The minimum atomic E-state index is -0.498. The van der Waals surface area contributed by atoms with Crippen molar-refractivity contribution in [3.05, 3.63) is 64.3 Å². The number of esters is 1. The van der Waals surface area contributed by atoms with E-state index >= 15 is 0 Å². The third-order valence-corrected chi connectivity index (χ3v) is 4.21. The summed E-state index contributed by atoms with van der Waals surface area (Å²) in [5.74, 6) is 1.04. The molecule has 27 heavy (non-hydrogen) atoms. The van der Waals surface area contributed by atoms with Crippen LogP contribution in [0.15, 0.2) is 53.2 Å². The molecule has 3 rings (SSSR count). The Balaban J connectivity index is 1.82. The third kappa shape index (κ3) is 4.68. The number of carbonyl (C=O) groups is 1. The number of halogens is 1. The van der Waals surface area contributed by atoms with Crippen molar-refractivity contribution in [3.63, 3.8) is 0 Å². The number of cyclic esters (lactones) is 1. The van der Waals surface area contributed by atoms with Crippen molar-refractivity contribution in [2.45, 2.75) is 19.8 Å². The number of ether oxygens (including phenoxy) is 3. The van der Waals surface area contributed by atoms with Gasteiger partial charge in [-0.15, -0.1) is 0 Å². The Hall–Kier alpha value is -2.79. The summed E-state index contributed by atoms with van der Waals surface area (Å²) in [6, 6.07) is 12.4. The molecule has 0 bridgehead atoms. The lowest BCUT2D eigenvalue weighted by Gasteiger charge is -2.10. The van der Waals surface area contributed by atoms with E-state index in [-0.39, 0.29) is 11.6 Å². The fourth-order valence-corrected chi connectivity index (χ4v) is 2.63. The van der Waals surface area contributed by atoms with E-state index in [4.69, 9.17) is 25.8 Å². The summed E-state index contributed by atoms with van der Waals surface area (Å²) in [4.78, 5) is 16.4. The minimum absolute atomic E-state index is 0.224. The molecule has 2 aromatic rings. The average molecular weight is 386 g/mol. The molecule has 0 saturated heterocycles. The molecule has 1 heterocycles. The van der Waals surface area contributed by atoms with Gasteiger partial charge in [-0.3, -0.25) is 0 Å². The van der Waals surface area contributed by atoms with Crippen LogP contribution in [0.25, 0.3) is 6.08 Å². The quantitative estimate of drug-likeness (QED) is 0.387. The lowest BCUT2D eigenvalue weighted by atomic mass is 10.1. The van der Waals surface area contributed by atoms with Crippen LogP contribution in [0, 0.1) is 0 Å². The number of methoxy groups -OCH3 is 1. The van der Waals surface area contributed by atoms with Crippen LogP contribution >= 0.6 is 11.6 Å². The van der Waals surface area contributed by atoms with E-state index in [0.717, 1.165) is 18.4 Å². The standard InChI is InChI=1S/C21H20ClNO4/c1-3-4-11-26-18-10-5-14(13-19(18)25-2)12-17-21(24)27-20(23-17)15-6-8-16(22)9-7-15/h5-10,12-13H,3-4,11H2,1-2H3/b17-12-. The molecule has 0 amide bonds. The summed E-state index contributed by atoms with van der Waals surface area (Å²) in [5.41, 5.74) is 1.68. The summed E-state index contributed by atoms with van der Waals surface area (Å²) in [6.07, 6.45) is 3.69. The summed E-state index contributed by atoms with van der Waals surface area (Å²) in [6.45, 7) is 2.74. The molecule has 0 spiro atoms. The summed E-state index contributed by atoms with van der Waals surface area (Å²) in [7, 11) is 1.58. The molecule has 0 N–H and O–H groups in total. The van der Waals surface area contributed by atoms with Crippen molar-refractivity contribution in [2.24, 2.45) is 4.99 Å². The molecule has 1 aliphatic rings. The molecule has 0 unspecified atom stereocenters. The largest absolute Gasteiger partial charge is 0.493 e. The average Bonchev–Trinajstić information content (AvgIpc) is 3.04. The van der Waals surface area contributed by atoms with Crippen molar-refractivity contribution < 1.29 is 19.0 Å². The van der Waals surface area contributed by atoms with Crippen molar-refractivity contribution in [1.29, 1.82) is 0 Å². The Morgan fingerprint density at radius 2 is 1.93 bits per heavy atom. The Labute approximate surface area is 163 Å². The van der Waals surface area contributed by atoms with Gasteiger partial charge in [0.05, 0.1) is 13.7 Å². The van der Waals surface area contributed by atoms with Crippen LogP contribution in [0.2, 0.25) is 5.02 Å². The van der Waals surface area contributed by atoms with E-state index in [0.29, 0.717) is 28.7 Å². The van der Waals surface area contributed by atoms with Crippen molar-refractivity contribution >= 4 is 29.5 Å². The molecule has 0 fully saturated rings. The number of rotatable bonds is 7. The van der Waals surface area contributed by atoms with Crippen molar-refractivity contribution in [3.8, 4) is 11.5 Å². The van der Waals surface area contributed by atoms with Gasteiger partial charge < -0.3 is 14.2 Å². The number of benzene rings is 2. The van der Waals surface area contributed by atoms with Crippen LogP contribution in [0.5, 0.6) is 11.5 Å². The van der Waals surface area contributed by atoms with Gasteiger partial charge in [0, 0.05) is 10.6 Å². The van der Waals surface area contributed by atoms with Gasteiger partial charge in [0.15, 0.2) is 17.2 Å². The smallest absolute Gasteiger partial charge is 0.363 e. The molecule has 1 aliphatic heterocycles. The highest BCUT2D eigenvalue weighted by Crippen LogP contribution is 2.30. The highest BCUT2D eigenvalue weighted by molar-refractivity contribution is 6.30. The summed E-state index contributed by atoms with van der Waals surface area (Å²) in [5, 5.41) is 0.604. The maximum atomic E-state index is 12.1. The van der Waals surface area contributed by atoms with Crippen molar-refractivity contribution in [1.82, 2.24) is 0 Å². The van der Waals surface area contributed by atoms with Gasteiger partial charge >= 0.3 is 5.97 Å². The minimum Gasteiger partial charge on any atom is -0.493 e. The molecule has 0 radical (unpaired) electrons. The van der Waals surface area contributed by atoms with Crippen LogP contribution in [0.4, 0.5) is 0 Å². The Kier molecular flexibility index (Phi) is 6.14. The fourth-order valence-electron chi connectivity index (χ4n) is 2.50. The topological polar surface area (TPSA) is 57.1 Å². The maximum absolute atomic E-state index is 12.1. The number of carbonyl (C=O) groups excluding carboxylic acids is 1. The number of hydrogen-bond acceptors (Lipinski definition) is 5. The zero-order chi connectivity index (χ0) is 19.2. The zero-order valence-electron chi connectivity index (χ0n) is 15.2. The second-order valence-electron chi connectivity index (χ2n) is 5.96. The number of unbranched alkanes of at least 4 members (excludes halogenated alkanes) is 1. The molecular weight excluding hydrogens is 366 g/mol. The molecular formula is C21H20ClNO4. The third-order valence-electron chi connectivity index (χ3n) is 3.96. The van der Waals surface area contributed by atoms with Gasteiger partial charge in [-0.05, 0) is 54.5 Å². The fraction of sp³-hybridized carbons (Fsp3) is 0.238. The number of nitrogens with zero attached hydrogens (tertiary/aromatic N) is 1. The van der Waals surface area contributed by atoms with Gasteiger partial charge in [0.1, 0.15) is 0 Å². The molecule has 2 aromatic carbocycles. The first-order valence-corrected chi connectivity index (χ1v) is 9.08. The summed E-state index contributed by atoms with van der Waals surface area (Å²) >= 11 is 5.88. The van der Waals surface area contributed by atoms with E-state index in [1.807, 2.05) is 12.1 Å². The summed E-state index contributed by atoms with van der Waals surface area (Å²) < 4.78 is 16.4. The molecule has 5 nitrogen and oxygen atoms in total. The SMILES string of the molecule is CCCCOc1ccc(/C=C2\N=C(c3ccc(Cl)cc3)OC2=O)cc1OC. The van der Waals surface area contributed by atoms with Gasteiger partial charge in [-0.25, -0.2) is 9.79 Å². The van der Waals surface area contributed by atoms with E-state index in [1.54, 1.807) is 43.5 Å². The first-order valence-electron chi connectivity index (χ1n) is 8.70. The lowest BCUT2D eigenvalue weighted by molar-refractivity contribution is -0.129. The van der Waals surface area contributed by atoms with Gasteiger partial charge in [0.2, 0.25) is 5.90 Å². The van der Waals surface area contributed by atoms with Crippen LogP contribution in [0.1, 0.15) is 30.9 Å². The second-order valence-corrected chi connectivity index (χ2v) is 6.39. The predicted molar refractivity (Wildman–Crippen MR) is 105 cm³/mol. The lowest BCUT2D eigenvalue weighted by Crippen LogP contribution is -2.05. The van der Waals surface area contributed by atoms with Gasteiger partial charge in [-0.2, -0.15) is 0 Å². The zero-order valence-corrected chi connectivity index (χ0v) is 16.0. The second kappa shape index (κ2) is 8.73. The molecule has 6 heteroatoms. The highest BCUT2D eigenvalue weighted by Gasteiger charge is 2.24. The van der Waals surface area contributed by atoms with E-state index in [9.17, 15) is 4.79 Å². The Morgan fingerprint density at radius 3 is 2.63 bits per heavy atom. The maximum Gasteiger partial charge on any atom is 0.363 e. The Bertz CT molecular complexity index is 888. The molecule has 0 aliphatic carbocycles. The molecule has 140 valence electrons. The van der Waals surface area contributed by atoms with Crippen LogP contribution in [0.3, 0.4) is 0 Å². The highest BCUT2D eigenvalue weighted by atomic mass is 35.5. The predicted octanol–water partition coefficient (Wildman–Crippen LogP) is 4.87. The van der Waals surface area contributed by atoms with Gasteiger partial charge in [0.25, 0.3) is 0 Å². The molecule has 0 saturated carbocycles. The monoisotopic (exact) mass is 385 g/mol. The Morgan fingerprint density at radius 1 is 1.15 bits per heavy atom. The van der Waals surface area contributed by atoms with E-state index in [1.165, 1.54) is 0 Å². The molecule has 0 atom stereocenters. The van der Waals surface area contributed by atoms with Crippen LogP contribution in [-0.2, 0) is 9.53 Å². The van der Waals surface area contributed by atoms with Crippen LogP contribution < -0.4 is 9.47 Å². The first kappa shape index (κ1) is 19.0.